The highest BCUT2D eigenvalue weighted by atomic mass is 35.5. The minimum absolute atomic E-state index is 0. The Kier molecular flexibility index (Phi) is 9.68. The zero-order valence-electron chi connectivity index (χ0n) is 16.3. The highest BCUT2D eigenvalue weighted by Crippen LogP contribution is 2.15. The first-order valence-corrected chi connectivity index (χ1v) is 10.7. The fraction of sp³-hybridized carbons (Fsp3) is 0.409. The van der Waals surface area contributed by atoms with Crippen LogP contribution in [0.25, 0.3) is 0 Å². The van der Waals surface area contributed by atoms with E-state index in [4.69, 9.17) is 4.74 Å². The second-order valence-electron chi connectivity index (χ2n) is 6.83. The number of hydrogen-bond acceptors (Lipinski definition) is 4. The molecule has 2 aromatic carbocycles. The van der Waals surface area contributed by atoms with E-state index in [-0.39, 0.29) is 24.4 Å². The Balaban J connectivity index is 0.00000280. The molecule has 1 unspecified atom stereocenters. The maximum atomic E-state index is 13.0. The van der Waals surface area contributed by atoms with Crippen molar-refractivity contribution in [3.05, 3.63) is 65.7 Å². The zero-order chi connectivity index (χ0) is 18.9. The van der Waals surface area contributed by atoms with Crippen LogP contribution < -0.4 is 10.1 Å². The summed E-state index contributed by atoms with van der Waals surface area (Å²) in [6.07, 6.45) is 1.41. The smallest absolute Gasteiger partial charge is 0.224 e. The van der Waals surface area contributed by atoms with Gasteiger partial charge in [-0.25, -0.2) is 0 Å². The maximum Gasteiger partial charge on any atom is 0.224 e. The van der Waals surface area contributed by atoms with Gasteiger partial charge in [-0.2, -0.15) is 11.8 Å². The molecule has 3 rings (SSSR count). The zero-order valence-corrected chi connectivity index (χ0v) is 17.9. The Labute approximate surface area is 178 Å². The number of methoxy groups -OCH3 is 1. The number of thioether (sulfide) groups is 1. The van der Waals surface area contributed by atoms with Gasteiger partial charge < -0.3 is 15.0 Å². The van der Waals surface area contributed by atoms with E-state index in [0.717, 1.165) is 36.8 Å². The highest BCUT2D eigenvalue weighted by Gasteiger charge is 2.21. The van der Waals surface area contributed by atoms with Crippen LogP contribution in [0.2, 0.25) is 0 Å². The predicted octanol–water partition coefficient (Wildman–Crippen LogP) is 3.78. The quantitative estimate of drug-likeness (QED) is 0.705. The van der Waals surface area contributed by atoms with E-state index in [1.165, 1.54) is 11.1 Å². The third kappa shape index (κ3) is 7.04. The Bertz CT molecular complexity index is 706. The molecule has 28 heavy (non-hydrogen) atoms. The molecule has 1 heterocycles. The summed E-state index contributed by atoms with van der Waals surface area (Å²) >= 11 is 1.93. The van der Waals surface area contributed by atoms with E-state index in [1.807, 2.05) is 47.0 Å². The van der Waals surface area contributed by atoms with Gasteiger partial charge in [0.1, 0.15) is 5.75 Å². The average molecular weight is 421 g/mol. The third-order valence-corrected chi connectivity index (χ3v) is 5.95. The third-order valence-electron chi connectivity index (χ3n) is 4.82. The molecule has 1 amide bonds. The molecule has 1 saturated heterocycles. The van der Waals surface area contributed by atoms with Crippen molar-refractivity contribution in [3.8, 4) is 5.75 Å². The number of hydrogen-bond donors (Lipinski definition) is 1. The minimum Gasteiger partial charge on any atom is -0.497 e. The second-order valence-corrected chi connectivity index (χ2v) is 7.98. The molecule has 6 heteroatoms. The van der Waals surface area contributed by atoms with Crippen LogP contribution in [0.5, 0.6) is 5.75 Å². The summed E-state index contributed by atoms with van der Waals surface area (Å²) in [6.45, 7) is 2.38. The van der Waals surface area contributed by atoms with Gasteiger partial charge in [-0.15, -0.1) is 12.4 Å². The van der Waals surface area contributed by atoms with Crippen LogP contribution in [-0.2, 0) is 17.8 Å². The van der Waals surface area contributed by atoms with E-state index in [0.29, 0.717) is 13.0 Å². The molecule has 1 aliphatic heterocycles. The van der Waals surface area contributed by atoms with Gasteiger partial charge >= 0.3 is 0 Å². The van der Waals surface area contributed by atoms with Crippen LogP contribution in [0.15, 0.2) is 54.6 Å². The number of ether oxygens (including phenoxy) is 1. The van der Waals surface area contributed by atoms with Crippen LogP contribution >= 0.6 is 24.2 Å². The van der Waals surface area contributed by atoms with Crippen LogP contribution in [0.1, 0.15) is 17.5 Å². The standard InChI is InChI=1S/C22H28N2O2S.ClH/c1-26-21-9-7-18(8-10-21)11-13-24(16-19-5-3-2-4-6-19)22(25)15-20-17-27-14-12-23-20;/h2-10,20,23H,11-17H2,1H3;1H. The van der Waals surface area contributed by atoms with E-state index in [2.05, 4.69) is 29.6 Å². The Morgan fingerprint density at radius 3 is 2.54 bits per heavy atom. The number of amides is 1. The van der Waals surface area contributed by atoms with Crippen LogP contribution in [0.3, 0.4) is 0 Å². The molecular formula is C22H29ClN2O2S. The summed E-state index contributed by atoms with van der Waals surface area (Å²) < 4.78 is 5.22. The molecule has 4 nitrogen and oxygen atoms in total. The molecule has 0 aromatic heterocycles. The molecule has 2 aromatic rings. The molecule has 0 aliphatic carbocycles. The lowest BCUT2D eigenvalue weighted by atomic mass is 10.1. The van der Waals surface area contributed by atoms with Gasteiger partial charge in [0, 0.05) is 43.6 Å². The highest BCUT2D eigenvalue weighted by molar-refractivity contribution is 7.99. The number of carbonyl (C=O) groups excluding carboxylic acids is 1. The van der Waals surface area contributed by atoms with Crippen LogP contribution in [0.4, 0.5) is 0 Å². The molecular weight excluding hydrogens is 392 g/mol. The van der Waals surface area contributed by atoms with Crippen molar-refractivity contribution in [2.24, 2.45) is 0 Å². The normalized spacial score (nSPS) is 16.1. The molecule has 1 fully saturated rings. The molecule has 152 valence electrons. The second kappa shape index (κ2) is 12.0. The fourth-order valence-corrected chi connectivity index (χ4v) is 4.19. The summed E-state index contributed by atoms with van der Waals surface area (Å²) in [5.41, 5.74) is 2.39. The first-order chi connectivity index (χ1) is 13.2. The Morgan fingerprint density at radius 2 is 1.89 bits per heavy atom. The first kappa shape index (κ1) is 22.6. The van der Waals surface area contributed by atoms with Crippen molar-refractivity contribution >= 4 is 30.1 Å². The minimum atomic E-state index is 0. The Hall–Kier alpha value is -1.69. The van der Waals surface area contributed by atoms with Crippen molar-refractivity contribution in [2.75, 3.05) is 31.7 Å². The summed E-state index contributed by atoms with van der Waals surface area (Å²) in [7, 11) is 1.67. The first-order valence-electron chi connectivity index (χ1n) is 9.50. The molecule has 0 bridgehead atoms. The van der Waals surface area contributed by atoms with E-state index in [1.54, 1.807) is 7.11 Å². The number of nitrogens with zero attached hydrogens (tertiary/aromatic N) is 1. The van der Waals surface area contributed by atoms with Crippen molar-refractivity contribution in [3.63, 3.8) is 0 Å². The van der Waals surface area contributed by atoms with Gasteiger partial charge in [-0.1, -0.05) is 42.5 Å². The summed E-state index contributed by atoms with van der Waals surface area (Å²) in [6, 6.07) is 18.6. The predicted molar refractivity (Wildman–Crippen MR) is 120 cm³/mol. The monoisotopic (exact) mass is 420 g/mol. The van der Waals surface area contributed by atoms with E-state index in [9.17, 15) is 4.79 Å². The molecule has 0 radical (unpaired) electrons. The maximum absolute atomic E-state index is 13.0. The van der Waals surface area contributed by atoms with E-state index < -0.39 is 0 Å². The lowest BCUT2D eigenvalue weighted by Gasteiger charge is -2.28. The molecule has 1 atom stereocenters. The largest absolute Gasteiger partial charge is 0.497 e. The Morgan fingerprint density at radius 1 is 1.14 bits per heavy atom. The topological polar surface area (TPSA) is 41.6 Å². The summed E-state index contributed by atoms with van der Waals surface area (Å²) in [5, 5.41) is 3.47. The van der Waals surface area contributed by atoms with Crippen molar-refractivity contribution < 1.29 is 9.53 Å². The van der Waals surface area contributed by atoms with Crippen molar-refractivity contribution in [1.82, 2.24) is 10.2 Å². The van der Waals surface area contributed by atoms with E-state index >= 15 is 0 Å². The number of carbonyl (C=O) groups is 1. The average Bonchev–Trinajstić information content (AvgIpc) is 2.73. The van der Waals surface area contributed by atoms with Gasteiger partial charge in [-0.3, -0.25) is 4.79 Å². The number of rotatable bonds is 8. The number of benzene rings is 2. The SMILES string of the molecule is COc1ccc(CCN(Cc2ccccc2)C(=O)CC2CSCCN2)cc1.Cl. The molecule has 1 aliphatic rings. The number of halogens is 1. The lowest BCUT2D eigenvalue weighted by molar-refractivity contribution is -0.132. The summed E-state index contributed by atoms with van der Waals surface area (Å²) in [5.74, 6) is 3.24. The molecule has 0 spiro atoms. The van der Waals surface area contributed by atoms with Gasteiger partial charge in [0.05, 0.1) is 7.11 Å². The number of nitrogens with one attached hydrogen (secondary N) is 1. The lowest BCUT2D eigenvalue weighted by Crippen LogP contribution is -2.43. The van der Waals surface area contributed by atoms with Crippen LogP contribution in [0, 0.1) is 0 Å². The molecule has 0 saturated carbocycles. The van der Waals surface area contributed by atoms with Crippen molar-refractivity contribution in [1.29, 1.82) is 0 Å². The summed E-state index contributed by atoms with van der Waals surface area (Å²) in [4.78, 5) is 15.0. The van der Waals surface area contributed by atoms with Gasteiger partial charge in [0.15, 0.2) is 0 Å². The van der Waals surface area contributed by atoms with Gasteiger partial charge in [0.25, 0.3) is 0 Å². The van der Waals surface area contributed by atoms with Gasteiger partial charge in [-0.05, 0) is 29.7 Å². The van der Waals surface area contributed by atoms with Crippen LogP contribution in [-0.4, -0.2) is 48.6 Å². The van der Waals surface area contributed by atoms with Crippen molar-refractivity contribution in [2.45, 2.75) is 25.4 Å². The fourth-order valence-electron chi connectivity index (χ4n) is 3.24. The molecule has 1 N–H and O–H groups in total. The van der Waals surface area contributed by atoms with Gasteiger partial charge in [0.2, 0.25) is 5.91 Å².